The van der Waals surface area contributed by atoms with Crippen molar-refractivity contribution in [3.05, 3.63) is 131 Å². The highest BCUT2D eigenvalue weighted by Gasteiger charge is 2.41. The zero-order chi connectivity index (χ0) is 36.5. The average Bonchev–Trinajstić information content (AvgIpc) is 3.12. The van der Waals surface area contributed by atoms with Gasteiger partial charge in [0.1, 0.15) is 5.66 Å². The standard InChI is InChI=1S/C39H36F3N2O6P/c1-43(30-17-20-44(21-18-30)22-19-35(45)26-13-15-29(16-14-26)39(40,41)42)38(47)34-24-28-9-3-2-8-27(28)23-33(34)36(46)37(51(48,49)50)32-12-6-10-25-7-4-5-11-31(25)32/h2-16,23-24,30,37H,17-22H2,1H3,(H2,48,49,50). The molecule has 1 atom stereocenters. The van der Waals surface area contributed by atoms with Crippen LogP contribution in [0.15, 0.2) is 103 Å². The van der Waals surface area contributed by atoms with Crippen molar-refractivity contribution in [1.29, 1.82) is 0 Å². The van der Waals surface area contributed by atoms with Gasteiger partial charge in [0.05, 0.1) is 11.1 Å². The van der Waals surface area contributed by atoms with Crippen LogP contribution in [-0.2, 0) is 10.7 Å². The van der Waals surface area contributed by atoms with Gasteiger partial charge in [-0.2, -0.15) is 13.2 Å². The summed E-state index contributed by atoms with van der Waals surface area (Å²) in [5.41, 5.74) is -2.29. The second-order valence-corrected chi connectivity index (χ2v) is 14.6. The molecule has 1 aliphatic rings. The number of fused-ring (bicyclic) bond motifs is 2. The lowest BCUT2D eigenvalue weighted by atomic mass is 9.91. The SMILES string of the molecule is CN(C(=O)c1cc2ccccc2cc1C(=O)C(c1cccc2ccccc12)P(=O)(O)O)C1CCN(CCC(=O)c2ccc(C(F)(F)F)cc2)CC1. The molecule has 0 radical (unpaired) electrons. The third kappa shape index (κ3) is 7.82. The number of alkyl halides is 3. The van der Waals surface area contributed by atoms with Crippen molar-refractivity contribution < 1.29 is 41.9 Å². The third-order valence-corrected chi connectivity index (χ3v) is 10.9. The van der Waals surface area contributed by atoms with Gasteiger partial charge in [0, 0.05) is 50.3 Å². The molecule has 51 heavy (non-hydrogen) atoms. The summed E-state index contributed by atoms with van der Waals surface area (Å²) in [7, 11) is -3.44. The van der Waals surface area contributed by atoms with Gasteiger partial charge in [0.15, 0.2) is 11.6 Å². The fourth-order valence-electron chi connectivity index (χ4n) is 6.87. The largest absolute Gasteiger partial charge is 0.416 e. The topological polar surface area (TPSA) is 115 Å². The number of Topliss-reactive ketones (excluding diaryl/α,β-unsaturated/α-hetero) is 2. The summed E-state index contributed by atoms with van der Waals surface area (Å²) in [5.74, 6) is -1.57. The predicted octanol–water partition coefficient (Wildman–Crippen LogP) is 7.92. The van der Waals surface area contributed by atoms with Gasteiger partial charge in [-0.15, -0.1) is 0 Å². The molecule has 6 rings (SSSR count). The Morgan fingerprint density at radius 2 is 1.39 bits per heavy atom. The number of amides is 1. The van der Waals surface area contributed by atoms with Crippen LogP contribution in [0.3, 0.4) is 0 Å². The van der Waals surface area contributed by atoms with E-state index in [1.165, 1.54) is 24.3 Å². The zero-order valence-corrected chi connectivity index (χ0v) is 28.6. The minimum absolute atomic E-state index is 0.0458. The number of ketones is 2. The number of nitrogens with zero attached hydrogens (tertiary/aromatic N) is 2. The van der Waals surface area contributed by atoms with Crippen LogP contribution in [-0.4, -0.2) is 69.8 Å². The van der Waals surface area contributed by atoms with Crippen LogP contribution in [0.5, 0.6) is 0 Å². The molecular formula is C39H36F3N2O6P. The molecular weight excluding hydrogens is 680 g/mol. The van der Waals surface area contributed by atoms with Gasteiger partial charge in [-0.05, 0) is 64.2 Å². The lowest BCUT2D eigenvalue weighted by Crippen LogP contribution is -2.46. The van der Waals surface area contributed by atoms with Crippen LogP contribution in [0.25, 0.3) is 21.5 Å². The highest BCUT2D eigenvalue weighted by molar-refractivity contribution is 7.53. The molecule has 8 nitrogen and oxygen atoms in total. The second-order valence-electron chi connectivity index (χ2n) is 12.9. The summed E-state index contributed by atoms with van der Waals surface area (Å²) in [4.78, 5) is 66.1. The molecule has 0 aliphatic carbocycles. The maximum Gasteiger partial charge on any atom is 0.416 e. The molecule has 1 fully saturated rings. The molecule has 2 N–H and O–H groups in total. The molecule has 1 heterocycles. The van der Waals surface area contributed by atoms with Gasteiger partial charge < -0.3 is 19.6 Å². The van der Waals surface area contributed by atoms with Crippen LogP contribution in [0.1, 0.15) is 67.1 Å². The molecule has 1 saturated heterocycles. The number of hydrogen-bond donors (Lipinski definition) is 2. The van der Waals surface area contributed by atoms with E-state index < -0.39 is 36.7 Å². The van der Waals surface area contributed by atoms with Crippen molar-refractivity contribution in [2.45, 2.75) is 37.1 Å². The van der Waals surface area contributed by atoms with Gasteiger partial charge in [-0.3, -0.25) is 18.9 Å². The Balaban J connectivity index is 1.20. The van der Waals surface area contributed by atoms with Crippen LogP contribution in [0.4, 0.5) is 13.2 Å². The predicted molar refractivity (Wildman–Crippen MR) is 189 cm³/mol. The highest BCUT2D eigenvalue weighted by atomic mass is 31.2. The van der Waals surface area contributed by atoms with Gasteiger partial charge in [0.2, 0.25) is 0 Å². The molecule has 0 bridgehead atoms. The summed E-state index contributed by atoms with van der Waals surface area (Å²) in [5, 5.41) is 2.57. The molecule has 0 spiro atoms. The summed E-state index contributed by atoms with van der Waals surface area (Å²) < 4.78 is 51.8. The van der Waals surface area contributed by atoms with Crippen LogP contribution >= 0.6 is 7.60 Å². The van der Waals surface area contributed by atoms with Crippen LogP contribution in [0, 0.1) is 0 Å². The minimum atomic E-state index is -5.08. The van der Waals surface area contributed by atoms with E-state index in [2.05, 4.69) is 4.90 Å². The Kier molecular flexibility index (Phi) is 10.3. The molecule has 1 unspecified atom stereocenters. The number of likely N-dealkylation sites (tertiary alicyclic amines) is 1. The third-order valence-electron chi connectivity index (χ3n) is 9.70. The number of carbonyl (C=O) groups excluding carboxylic acids is 3. The molecule has 264 valence electrons. The van der Waals surface area contributed by atoms with E-state index in [-0.39, 0.29) is 40.5 Å². The first-order chi connectivity index (χ1) is 24.2. The summed E-state index contributed by atoms with van der Waals surface area (Å²) >= 11 is 0. The quantitative estimate of drug-likeness (QED) is 0.112. The smallest absolute Gasteiger partial charge is 0.339 e. The Bertz CT molecular complexity index is 2150. The lowest BCUT2D eigenvalue weighted by molar-refractivity contribution is -0.137. The molecule has 0 saturated carbocycles. The first-order valence-electron chi connectivity index (χ1n) is 16.5. The number of halogens is 3. The fourth-order valence-corrected chi connectivity index (χ4v) is 7.90. The number of benzene rings is 5. The molecule has 1 amide bonds. The zero-order valence-electron chi connectivity index (χ0n) is 27.7. The summed E-state index contributed by atoms with van der Waals surface area (Å²) in [6.07, 6.45) is -3.22. The Morgan fingerprint density at radius 1 is 0.824 bits per heavy atom. The van der Waals surface area contributed by atoms with Crippen molar-refractivity contribution in [1.82, 2.24) is 9.80 Å². The van der Waals surface area contributed by atoms with Gasteiger partial charge in [-0.1, -0.05) is 78.9 Å². The van der Waals surface area contributed by atoms with E-state index >= 15 is 0 Å². The van der Waals surface area contributed by atoms with E-state index in [1.54, 1.807) is 78.7 Å². The highest BCUT2D eigenvalue weighted by Crippen LogP contribution is 2.55. The van der Waals surface area contributed by atoms with Crippen molar-refractivity contribution in [3.63, 3.8) is 0 Å². The molecule has 0 aromatic heterocycles. The number of rotatable bonds is 10. The summed E-state index contributed by atoms with van der Waals surface area (Å²) in [6, 6.07) is 26.2. The first-order valence-corrected chi connectivity index (χ1v) is 18.2. The van der Waals surface area contributed by atoms with Crippen molar-refractivity contribution in [3.8, 4) is 0 Å². The lowest BCUT2D eigenvalue weighted by Gasteiger charge is -2.37. The van der Waals surface area contributed by atoms with E-state index in [0.717, 1.165) is 12.1 Å². The van der Waals surface area contributed by atoms with Crippen LogP contribution < -0.4 is 0 Å². The van der Waals surface area contributed by atoms with Gasteiger partial charge in [0.25, 0.3) is 5.91 Å². The van der Waals surface area contributed by atoms with Gasteiger partial charge >= 0.3 is 13.8 Å². The molecule has 1 aliphatic heterocycles. The van der Waals surface area contributed by atoms with E-state index in [0.29, 0.717) is 54.0 Å². The number of piperidine rings is 1. The van der Waals surface area contributed by atoms with Crippen molar-refractivity contribution >= 4 is 46.6 Å². The number of hydrogen-bond acceptors (Lipinski definition) is 5. The Hall–Kier alpha value is -4.67. The van der Waals surface area contributed by atoms with E-state index in [9.17, 15) is 41.9 Å². The van der Waals surface area contributed by atoms with E-state index in [1.807, 2.05) is 0 Å². The van der Waals surface area contributed by atoms with Crippen LogP contribution in [0.2, 0.25) is 0 Å². The summed E-state index contributed by atoms with van der Waals surface area (Å²) in [6.45, 7) is 1.53. The monoisotopic (exact) mass is 716 g/mol. The maximum atomic E-state index is 14.4. The van der Waals surface area contributed by atoms with E-state index in [4.69, 9.17) is 0 Å². The maximum absolute atomic E-state index is 14.4. The molecule has 5 aromatic carbocycles. The molecule has 12 heteroatoms. The van der Waals surface area contributed by atoms with Gasteiger partial charge in [-0.25, -0.2) is 0 Å². The second kappa shape index (κ2) is 14.5. The first kappa shape index (κ1) is 36.1. The van der Waals surface area contributed by atoms with Crippen molar-refractivity contribution in [2.24, 2.45) is 0 Å². The average molecular weight is 717 g/mol. The fraction of sp³-hybridized carbons (Fsp3) is 0.256. The number of carbonyl (C=O) groups is 3. The Morgan fingerprint density at radius 3 is 2.00 bits per heavy atom. The minimum Gasteiger partial charge on any atom is -0.339 e. The molecule has 5 aromatic rings. The van der Waals surface area contributed by atoms with Crippen molar-refractivity contribution in [2.75, 3.05) is 26.7 Å². The Labute approximate surface area is 292 Å². The normalized spacial score (nSPS) is 15.2.